The van der Waals surface area contributed by atoms with E-state index in [0.29, 0.717) is 11.4 Å². The van der Waals surface area contributed by atoms with Crippen LogP contribution in [-0.4, -0.2) is 27.8 Å². The Labute approximate surface area is 121 Å². The van der Waals surface area contributed by atoms with Gasteiger partial charge in [-0.05, 0) is 23.8 Å². The van der Waals surface area contributed by atoms with Crippen LogP contribution in [-0.2, 0) is 7.05 Å². The number of carbonyl (C=O) groups excluding carboxylic acids is 1. The fourth-order valence-electron chi connectivity index (χ4n) is 2.29. The zero-order valence-corrected chi connectivity index (χ0v) is 11.7. The van der Waals surface area contributed by atoms with Crippen LogP contribution in [0.25, 0.3) is 22.0 Å². The van der Waals surface area contributed by atoms with Crippen molar-refractivity contribution < 1.29 is 9.53 Å². The van der Waals surface area contributed by atoms with Crippen LogP contribution in [0.4, 0.5) is 0 Å². The molecule has 0 saturated carbocycles. The number of amides is 1. The molecule has 3 aromatic rings. The Morgan fingerprint density at radius 3 is 2.81 bits per heavy atom. The molecule has 0 radical (unpaired) electrons. The van der Waals surface area contributed by atoms with Crippen molar-refractivity contribution in [3.8, 4) is 17.0 Å². The second-order valence-corrected chi connectivity index (χ2v) is 4.69. The second kappa shape index (κ2) is 4.90. The van der Waals surface area contributed by atoms with E-state index in [0.717, 1.165) is 22.0 Å². The minimum absolute atomic E-state index is 0.345. The predicted molar refractivity (Wildman–Crippen MR) is 79.0 cm³/mol. The minimum Gasteiger partial charge on any atom is -0.481 e. The summed E-state index contributed by atoms with van der Waals surface area (Å²) in [6.07, 6.45) is 3.20. The zero-order valence-electron chi connectivity index (χ0n) is 11.7. The van der Waals surface area contributed by atoms with E-state index in [1.165, 1.54) is 6.20 Å². The molecule has 106 valence electrons. The van der Waals surface area contributed by atoms with Gasteiger partial charge in [0.05, 0.1) is 24.4 Å². The highest BCUT2D eigenvalue weighted by atomic mass is 16.5. The number of nitrogens with zero attached hydrogens (tertiary/aromatic N) is 3. The van der Waals surface area contributed by atoms with Crippen molar-refractivity contribution in [2.24, 2.45) is 12.8 Å². The van der Waals surface area contributed by atoms with E-state index in [2.05, 4.69) is 10.1 Å². The molecule has 0 aliphatic carbocycles. The number of rotatable bonds is 3. The lowest BCUT2D eigenvalue weighted by Crippen LogP contribution is -2.11. The lowest BCUT2D eigenvalue weighted by atomic mass is 10.0. The highest BCUT2D eigenvalue weighted by molar-refractivity contribution is 5.95. The molecule has 0 fully saturated rings. The van der Waals surface area contributed by atoms with Crippen LogP contribution in [0, 0.1) is 0 Å². The van der Waals surface area contributed by atoms with E-state index in [4.69, 9.17) is 10.5 Å². The number of benzene rings is 1. The lowest BCUT2D eigenvalue weighted by molar-refractivity contribution is 0.1000. The highest BCUT2D eigenvalue weighted by Crippen LogP contribution is 2.31. The third-order valence-corrected chi connectivity index (χ3v) is 3.39. The molecule has 2 aromatic heterocycles. The molecule has 1 aromatic carbocycles. The summed E-state index contributed by atoms with van der Waals surface area (Å²) in [6.45, 7) is 0. The molecule has 21 heavy (non-hydrogen) atoms. The number of carbonyl (C=O) groups is 1. The molecule has 0 spiro atoms. The Hall–Kier alpha value is -2.89. The summed E-state index contributed by atoms with van der Waals surface area (Å²) in [5.74, 6) is -0.0721. The van der Waals surface area contributed by atoms with E-state index in [1.54, 1.807) is 24.1 Å². The fraction of sp³-hybridized carbons (Fsp3) is 0.133. The Kier molecular flexibility index (Phi) is 3.06. The second-order valence-electron chi connectivity index (χ2n) is 4.69. The molecule has 2 N–H and O–H groups in total. The summed E-state index contributed by atoms with van der Waals surface area (Å²) < 4.78 is 7.07. The largest absolute Gasteiger partial charge is 0.481 e. The summed E-state index contributed by atoms with van der Waals surface area (Å²) in [4.78, 5) is 15.5. The number of aromatic nitrogens is 3. The molecule has 0 aliphatic rings. The molecular weight excluding hydrogens is 268 g/mol. The van der Waals surface area contributed by atoms with Crippen LogP contribution in [0.2, 0.25) is 0 Å². The number of methoxy groups -OCH3 is 1. The normalized spacial score (nSPS) is 10.8. The number of fused-ring (bicyclic) bond motifs is 1. The molecule has 0 aliphatic heterocycles. The number of aryl methyl sites for hydroxylation is 1. The number of primary amides is 1. The van der Waals surface area contributed by atoms with Crippen molar-refractivity contribution in [3.63, 3.8) is 0 Å². The van der Waals surface area contributed by atoms with Crippen molar-refractivity contribution >= 4 is 16.8 Å². The van der Waals surface area contributed by atoms with Crippen LogP contribution in [0.3, 0.4) is 0 Å². The first-order chi connectivity index (χ1) is 10.1. The molecule has 3 rings (SSSR count). The van der Waals surface area contributed by atoms with Gasteiger partial charge >= 0.3 is 0 Å². The van der Waals surface area contributed by atoms with Gasteiger partial charge in [0.25, 0.3) is 0 Å². The lowest BCUT2D eigenvalue weighted by Gasteiger charge is -2.09. The third kappa shape index (κ3) is 2.20. The highest BCUT2D eigenvalue weighted by Gasteiger charge is 2.12. The van der Waals surface area contributed by atoms with Crippen molar-refractivity contribution in [3.05, 3.63) is 42.2 Å². The van der Waals surface area contributed by atoms with Gasteiger partial charge in [-0.3, -0.25) is 9.48 Å². The average molecular weight is 282 g/mol. The maximum Gasteiger partial charge on any atom is 0.250 e. The van der Waals surface area contributed by atoms with E-state index in [-0.39, 0.29) is 0 Å². The third-order valence-electron chi connectivity index (χ3n) is 3.39. The molecule has 6 heteroatoms. The van der Waals surface area contributed by atoms with Gasteiger partial charge in [0.2, 0.25) is 11.8 Å². The zero-order chi connectivity index (χ0) is 15.0. The molecular formula is C15H14N4O2. The van der Waals surface area contributed by atoms with Crippen LogP contribution in [0.15, 0.2) is 36.7 Å². The topological polar surface area (TPSA) is 83.0 Å². The van der Waals surface area contributed by atoms with Crippen molar-refractivity contribution in [1.29, 1.82) is 0 Å². The molecule has 0 unspecified atom stereocenters. The quantitative estimate of drug-likeness (QED) is 0.793. The molecule has 0 bridgehead atoms. The van der Waals surface area contributed by atoms with Gasteiger partial charge in [-0.2, -0.15) is 5.10 Å². The molecule has 1 amide bonds. The number of hydrogen-bond donors (Lipinski definition) is 1. The van der Waals surface area contributed by atoms with Crippen LogP contribution < -0.4 is 10.5 Å². The SMILES string of the molecule is COc1ncc(C(N)=O)cc1-c1ccc2c(cnn2C)c1. The first kappa shape index (κ1) is 13.1. The molecule has 0 saturated heterocycles. The van der Waals surface area contributed by atoms with Crippen molar-refractivity contribution in [1.82, 2.24) is 14.8 Å². The summed E-state index contributed by atoms with van der Waals surface area (Å²) in [5.41, 5.74) is 8.30. The van der Waals surface area contributed by atoms with Crippen molar-refractivity contribution in [2.75, 3.05) is 7.11 Å². The van der Waals surface area contributed by atoms with Crippen molar-refractivity contribution in [2.45, 2.75) is 0 Å². The molecule has 0 atom stereocenters. The molecule has 6 nitrogen and oxygen atoms in total. The maximum atomic E-state index is 11.3. The Balaban J connectivity index is 2.20. The number of nitrogens with two attached hydrogens (primary N) is 1. The average Bonchev–Trinajstić information content (AvgIpc) is 2.87. The van der Waals surface area contributed by atoms with Crippen LogP contribution in [0.5, 0.6) is 5.88 Å². The Morgan fingerprint density at radius 2 is 2.10 bits per heavy atom. The number of ether oxygens (including phenoxy) is 1. The van der Waals surface area contributed by atoms with Gasteiger partial charge in [0.15, 0.2) is 0 Å². The summed E-state index contributed by atoms with van der Waals surface area (Å²) >= 11 is 0. The first-order valence-electron chi connectivity index (χ1n) is 6.36. The van der Waals surface area contributed by atoms with Gasteiger partial charge in [0.1, 0.15) is 0 Å². The summed E-state index contributed by atoms with van der Waals surface area (Å²) in [6, 6.07) is 7.57. The van der Waals surface area contributed by atoms with Gasteiger partial charge in [-0.25, -0.2) is 4.98 Å². The monoisotopic (exact) mass is 282 g/mol. The molecule has 2 heterocycles. The van der Waals surface area contributed by atoms with Gasteiger partial charge in [-0.15, -0.1) is 0 Å². The standard InChI is InChI=1S/C15H14N4O2/c1-19-13-4-3-9(5-10(13)8-18-19)12-6-11(14(16)20)7-17-15(12)21-2/h3-8H,1-2H3,(H2,16,20). The van der Waals surface area contributed by atoms with E-state index >= 15 is 0 Å². The smallest absolute Gasteiger partial charge is 0.250 e. The van der Waals surface area contributed by atoms with Gasteiger partial charge in [-0.1, -0.05) is 6.07 Å². The van der Waals surface area contributed by atoms with Crippen LogP contribution in [0.1, 0.15) is 10.4 Å². The van der Waals surface area contributed by atoms with E-state index < -0.39 is 5.91 Å². The summed E-state index contributed by atoms with van der Waals surface area (Å²) in [7, 11) is 3.43. The van der Waals surface area contributed by atoms with Gasteiger partial charge in [0, 0.05) is 24.2 Å². The van der Waals surface area contributed by atoms with Crippen LogP contribution >= 0.6 is 0 Å². The predicted octanol–water partition coefficient (Wildman–Crippen LogP) is 1.74. The minimum atomic E-state index is -0.520. The fourth-order valence-corrected chi connectivity index (χ4v) is 2.29. The van der Waals surface area contributed by atoms with Gasteiger partial charge < -0.3 is 10.5 Å². The Bertz CT molecular complexity index is 839. The first-order valence-corrected chi connectivity index (χ1v) is 6.36. The number of hydrogen-bond acceptors (Lipinski definition) is 4. The van der Waals surface area contributed by atoms with E-state index in [9.17, 15) is 4.79 Å². The Morgan fingerprint density at radius 1 is 1.29 bits per heavy atom. The number of pyridine rings is 1. The summed E-state index contributed by atoms with van der Waals surface area (Å²) in [5, 5.41) is 5.22. The maximum absolute atomic E-state index is 11.3. The van der Waals surface area contributed by atoms with E-state index in [1.807, 2.05) is 25.2 Å².